The Morgan fingerprint density at radius 3 is 2.46 bits per heavy atom. The zero-order valence-electron chi connectivity index (χ0n) is 26.0. The lowest BCUT2D eigenvalue weighted by Crippen LogP contribution is -2.56. The fourth-order valence-electron chi connectivity index (χ4n) is 7.26. The number of hydrogen-bond acceptors (Lipinski definition) is 7. The van der Waals surface area contributed by atoms with E-state index in [9.17, 15) is 14.4 Å². The van der Waals surface area contributed by atoms with E-state index in [0.29, 0.717) is 50.6 Å². The highest BCUT2D eigenvalue weighted by molar-refractivity contribution is 6.35. The van der Waals surface area contributed by atoms with Crippen LogP contribution >= 0.6 is 11.6 Å². The van der Waals surface area contributed by atoms with Gasteiger partial charge in [-0.1, -0.05) is 29.8 Å². The zero-order valence-corrected chi connectivity index (χ0v) is 26.8. The number of rotatable bonds is 6. The van der Waals surface area contributed by atoms with E-state index in [1.807, 2.05) is 40.1 Å². The van der Waals surface area contributed by atoms with Crippen LogP contribution in [0.2, 0.25) is 5.02 Å². The van der Waals surface area contributed by atoms with E-state index in [1.165, 1.54) is 12.8 Å². The van der Waals surface area contributed by atoms with E-state index < -0.39 is 12.2 Å². The number of halogens is 1. The average Bonchev–Trinajstić information content (AvgIpc) is 3.76. The van der Waals surface area contributed by atoms with Gasteiger partial charge in [0.15, 0.2) is 6.10 Å². The van der Waals surface area contributed by atoms with Gasteiger partial charge in [-0.05, 0) is 61.4 Å². The van der Waals surface area contributed by atoms with Gasteiger partial charge in [-0.25, -0.2) is 19.6 Å². The molecule has 7 rings (SSSR count). The number of hydrogen-bond donors (Lipinski definition) is 2. The van der Waals surface area contributed by atoms with Crippen molar-refractivity contribution in [1.29, 1.82) is 0 Å². The summed E-state index contributed by atoms with van der Waals surface area (Å²) in [5.74, 6) is -0.187. The molecule has 5 heterocycles. The molecular formula is C33H41ClN8O4. The lowest BCUT2D eigenvalue weighted by atomic mass is 10.0. The third-order valence-corrected chi connectivity index (χ3v) is 10.2. The number of aromatic nitrogens is 2. The number of amides is 4. The minimum atomic E-state index is -0.987. The molecule has 12 nitrogen and oxygen atoms in total. The van der Waals surface area contributed by atoms with Crippen molar-refractivity contribution in [1.82, 2.24) is 34.9 Å². The van der Waals surface area contributed by atoms with Crippen LogP contribution in [0.15, 0.2) is 42.6 Å². The quantitative estimate of drug-likeness (QED) is 0.415. The van der Waals surface area contributed by atoms with E-state index >= 15 is 0 Å². The second-order valence-electron chi connectivity index (χ2n) is 12.7. The largest absolute Gasteiger partial charge is 0.436 e. The van der Waals surface area contributed by atoms with Crippen LogP contribution in [0.25, 0.3) is 10.9 Å². The Morgan fingerprint density at radius 1 is 0.935 bits per heavy atom. The van der Waals surface area contributed by atoms with Crippen LogP contribution < -0.4 is 5.32 Å². The molecule has 0 bridgehead atoms. The van der Waals surface area contributed by atoms with Gasteiger partial charge in [0.05, 0.1) is 16.7 Å². The molecule has 2 N–H and O–H groups in total. The highest BCUT2D eigenvalue weighted by atomic mass is 35.5. The number of benzene rings is 2. The Balaban J connectivity index is 1.00. The van der Waals surface area contributed by atoms with Gasteiger partial charge in [0.2, 0.25) is 0 Å². The third kappa shape index (κ3) is 6.51. The topological polar surface area (TPSA) is 117 Å². The number of nitrogens with zero attached hydrogens (tertiary/aromatic N) is 6. The molecule has 46 heavy (non-hydrogen) atoms. The molecule has 0 saturated carbocycles. The standard InChI is InChI=1S/C33H41ClN8O4/c34-27-20-23(19-25-22-35-37-30(25)27)21-29(31(43)38-15-17-41(18-16-38)40-10-3-4-11-40)46-33(45)39-12-8-26(9-13-39)42-14-7-24-5-1-2-6-28(24)36-32(42)44/h1-2,5-6,19-20,22,26,29H,3-4,7-18,21H2,(H,35,37)(H,36,44)/t29-/m1/s1. The summed E-state index contributed by atoms with van der Waals surface area (Å²) >= 11 is 6.52. The number of hydrazine groups is 1. The Labute approximate surface area is 273 Å². The number of likely N-dealkylation sites (tertiary alicyclic amines) is 1. The molecular weight excluding hydrogens is 608 g/mol. The van der Waals surface area contributed by atoms with Gasteiger partial charge >= 0.3 is 12.1 Å². The summed E-state index contributed by atoms with van der Waals surface area (Å²) in [7, 11) is 0. The Hall–Kier alpha value is -3.87. The average molecular weight is 649 g/mol. The van der Waals surface area contributed by atoms with Crippen LogP contribution in [0.1, 0.15) is 36.8 Å². The van der Waals surface area contributed by atoms with E-state index in [-0.39, 0.29) is 24.4 Å². The first-order chi connectivity index (χ1) is 22.4. The van der Waals surface area contributed by atoms with Gasteiger partial charge in [-0.15, -0.1) is 0 Å². The predicted molar refractivity (Wildman–Crippen MR) is 175 cm³/mol. The minimum Gasteiger partial charge on any atom is -0.436 e. The maximum atomic E-state index is 14.0. The number of piperazine rings is 1. The second-order valence-corrected chi connectivity index (χ2v) is 13.1. The number of carbonyl (C=O) groups excluding carboxylic acids is 3. The number of para-hydroxylation sites is 1. The highest BCUT2D eigenvalue weighted by Gasteiger charge is 2.36. The normalized spacial score (nSPS) is 20.8. The molecule has 1 aromatic heterocycles. The van der Waals surface area contributed by atoms with Crippen LogP contribution in [0, 0.1) is 0 Å². The summed E-state index contributed by atoms with van der Waals surface area (Å²) in [6.45, 7) is 6.35. The lowest BCUT2D eigenvalue weighted by molar-refractivity contribution is -0.145. The summed E-state index contributed by atoms with van der Waals surface area (Å²) in [6, 6.07) is 11.5. The number of carbonyl (C=O) groups is 3. The molecule has 1 atom stereocenters. The van der Waals surface area contributed by atoms with Gasteiger partial charge < -0.3 is 24.8 Å². The SMILES string of the molecule is O=C(O[C@H](Cc1cc(Cl)c2[nH]ncc2c1)C(=O)N1CCN(N2CCCC2)CC1)N1CCC(N2CCc3ccccc3NC2=O)CC1. The first-order valence-electron chi connectivity index (χ1n) is 16.4. The maximum absolute atomic E-state index is 14.0. The van der Waals surface area contributed by atoms with E-state index in [2.05, 4.69) is 25.5 Å². The summed E-state index contributed by atoms with van der Waals surface area (Å²) in [6.07, 6.45) is 4.89. The van der Waals surface area contributed by atoms with E-state index in [0.717, 1.165) is 60.3 Å². The van der Waals surface area contributed by atoms with Crippen molar-refractivity contribution in [2.75, 3.05) is 64.2 Å². The number of anilines is 1. The van der Waals surface area contributed by atoms with Crippen LogP contribution in [0.4, 0.5) is 15.3 Å². The summed E-state index contributed by atoms with van der Waals surface area (Å²) in [5.41, 5.74) is 3.51. The van der Waals surface area contributed by atoms with E-state index in [4.69, 9.17) is 16.3 Å². The molecule has 3 fully saturated rings. The molecule has 0 radical (unpaired) electrons. The van der Waals surface area contributed by atoms with Crippen molar-refractivity contribution in [2.45, 2.75) is 50.7 Å². The van der Waals surface area contributed by atoms with Crippen molar-refractivity contribution in [3.05, 3.63) is 58.7 Å². The molecule has 244 valence electrons. The van der Waals surface area contributed by atoms with Gasteiger partial charge in [-0.2, -0.15) is 5.10 Å². The molecule has 4 aliphatic rings. The number of piperidine rings is 1. The lowest BCUT2D eigenvalue weighted by Gasteiger charge is -2.40. The molecule has 4 aliphatic heterocycles. The van der Waals surface area contributed by atoms with Crippen LogP contribution in [0.3, 0.4) is 0 Å². The zero-order chi connectivity index (χ0) is 31.6. The van der Waals surface area contributed by atoms with Crippen LogP contribution in [-0.2, 0) is 22.4 Å². The summed E-state index contributed by atoms with van der Waals surface area (Å²) in [4.78, 5) is 46.0. The third-order valence-electron chi connectivity index (χ3n) is 9.86. The van der Waals surface area contributed by atoms with E-state index in [1.54, 1.807) is 17.2 Å². The smallest absolute Gasteiger partial charge is 0.410 e. The van der Waals surface area contributed by atoms with Crippen molar-refractivity contribution >= 4 is 46.2 Å². The fourth-order valence-corrected chi connectivity index (χ4v) is 7.56. The Kier molecular flexibility index (Phi) is 9.01. The Bertz CT molecular complexity index is 1580. The van der Waals surface area contributed by atoms with Crippen molar-refractivity contribution in [2.24, 2.45) is 0 Å². The van der Waals surface area contributed by atoms with Gasteiger partial charge in [0, 0.05) is 82.4 Å². The molecule has 0 aliphatic carbocycles. The first kappa shape index (κ1) is 30.8. The summed E-state index contributed by atoms with van der Waals surface area (Å²) < 4.78 is 6.05. The first-order valence-corrected chi connectivity index (χ1v) is 16.8. The molecule has 3 aromatic rings. The molecule has 0 unspecified atom stereocenters. The molecule has 4 amide bonds. The predicted octanol–water partition coefficient (Wildman–Crippen LogP) is 3.97. The number of H-pyrrole nitrogens is 1. The van der Waals surface area contributed by atoms with Crippen molar-refractivity contribution < 1.29 is 19.1 Å². The monoisotopic (exact) mass is 648 g/mol. The minimum absolute atomic E-state index is 0.0199. The number of urea groups is 1. The summed E-state index contributed by atoms with van der Waals surface area (Å²) in [5, 5.41) is 16.1. The second kappa shape index (κ2) is 13.5. The highest BCUT2D eigenvalue weighted by Crippen LogP contribution is 2.27. The number of ether oxygens (including phenoxy) is 1. The number of nitrogens with one attached hydrogen (secondary N) is 2. The van der Waals surface area contributed by atoms with Crippen LogP contribution in [0.5, 0.6) is 0 Å². The van der Waals surface area contributed by atoms with Gasteiger partial charge in [0.25, 0.3) is 5.91 Å². The number of aromatic amines is 1. The van der Waals surface area contributed by atoms with Crippen LogP contribution in [-0.4, -0.2) is 124 Å². The van der Waals surface area contributed by atoms with Crippen molar-refractivity contribution in [3.63, 3.8) is 0 Å². The molecule has 2 aromatic carbocycles. The molecule has 13 heteroatoms. The Morgan fingerprint density at radius 2 is 1.67 bits per heavy atom. The van der Waals surface area contributed by atoms with Gasteiger partial charge in [0.1, 0.15) is 0 Å². The molecule has 0 spiro atoms. The van der Waals surface area contributed by atoms with Gasteiger partial charge in [-0.3, -0.25) is 9.89 Å². The number of fused-ring (bicyclic) bond motifs is 2. The van der Waals surface area contributed by atoms with Crippen molar-refractivity contribution in [3.8, 4) is 0 Å². The maximum Gasteiger partial charge on any atom is 0.410 e. The molecule has 3 saturated heterocycles. The fraction of sp³-hybridized carbons (Fsp3) is 0.515.